The number of nitrogens with one attached hydrogen (secondary N) is 1. The molecule has 0 fully saturated rings. The van der Waals surface area contributed by atoms with Crippen LogP contribution >= 0.6 is 0 Å². The van der Waals surface area contributed by atoms with Crippen LogP contribution in [0.15, 0.2) is 72.8 Å². The van der Waals surface area contributed by atoms with Crippen LogP contribution in [-0.2, 0) is 6.54 Å². The number of hydrogen-bond donors (Lipinski definition) is 2. The van der Waals surface area contributed by atoms with E-state index >= 15 is 0 Å². The molecule has 2 N–H and O–H groups in total. The van der Waals surface area contributed by atoms with E-state index in [2.05, 4.69) is 10.2 Å². The highest BCUT2D eigenvalue weighted by Crippen LogP contribution is 2.45. The molecule has 0 spiro atoms. The summed E-state index contributed by atoms with van der Waals surface area (Å²) in [5, 5.41) is 17.6. The van der Waals surface area contributed by atoms with Crippen LogP contribution in [0.5, 0.6) is 17.2 Å². The maximum Gasteiger partial charge on any atom is 0.273 e. The third kappa shape index (κ3) is 3.57. The lowest BCUT2D eigenvalue weighted by Crippen LogP contribution is -2.29. The summed E-state index contributed by atoms with van der Waals surface area (Å²) in [6, 6.07) is 22.2. The Kier molecular flexibility index (Phi) is 5.22. The topological polar surface area (TPSA) is 87.7 Å². The SMILES string of the molecule is COc1ccc(CN2C(=O)c3[nH]nc(-c4ccccc4)c3C2c2ccc(O)c(OC)c2)cc1. The van der Waals surface area contributed by atoms with Gasteiger partial charge < -0.3 is 19.5 Å². The van der Waals surface area contributed by atoms with Gasteiger partial charge in [-0.15, -0.1) is 0 Å². The van der Waals surface area contributed by atoms with E-state index in [4.69, 9.17) is 9.47 Å². The van der Waals surface area contributed by atoms with Gasteiger partial charge in [-0.1, -0.05) is 48.5 Å². The van der Waals surface area contributed by atoms with Gasteiger partial charge in [-0.25, -0.2) is 0 Å². The van der Waals surface area contributed by atoms with E-state index < -0.39 is 6.04 Å². The second-order valence-electron chi connectivity index (χ2n) is 7.84. The van der Waals surface area contributed by atoms with Gasteiger partial charge in [-0.3, -0.25) is 9.89 Å². The standard InChI is InChI=1S/C26H23N3O4/c1-32-19-11-8-16(9-12-19)15-29-25(18-10-13-20(30)21(14-18)33-2)22-23(17-6-4-3-5-7-17)27-28-24(22)26(29)31/h3-14,25,30H,15H2,1-2H3,(H,27,28). The summed E-state index contributed by atoms with van der Waals surface area (Å²) >= 11 is 0. The van der Waals surface area contributed by atoms with Crippen molar-refractivity contribution in [2.75, 3.05) is 14.2 Å². The Balaban J connectivity index is 1.63. The van der Waals surface area contributed by atoms with Crippen molar-refractivity contribution in [3.63, 3.8) is 0 Å². The van der Waals surface area contributed by atoms with E-state index in [1.807, 2.05) is 65.6 Å². The monoisotopic (exact) mass is 441 g/mol. The van der Waals surface area contributed by atoms with Gasteiger partial charge in [0, 0.05) is 17.7 Å². The Morgan fingerprint density at radius 1 is 1.00 bits per heavy atom. The molecule has 7 heteroatoms. The molecule has 4 aromatic rings. The fourth-order valence-electron chi connectivity index (χ4n) is 4.31. The van der Waals surface area contributed by atoms with Crippen molar-refractivity contribution in [1.29, 1.82) is 0 Å². The van der Waals surface area contributed by atoms with Gasteiger partial charge in [0.1, 0.15) is 11.4 Å². The minimum atomic E-state index is -0.405. The lowest BCUT2D eigenvalue weighted by atomic mass is 9.95. The molecule has 2 heterocycles. The van der Waals surface area contributed by atoms with E-state index in [0.29, 0.717) is 18.0 Å². The number of carbonyl (C=O) groups excluding carboxylic acids is 1. The molecule has 1 unspecified atom stereocenters. The van der Waals surface area contributed by atoms with Crippen molar-refractivity contribution in [2.24, 2.45) is 0 Å². The number of phenolic OH excluding ortho intramolecular Hbond substituents is 1. The number of amides is 1. The highest BCUT2D eigenvalue weighted by atomic mass is 16.5. The van der Waals surface area contributed by atoms with Crippen LogP contribution in [0.4, 0.5) is 0 Å². The second-order valence-corrected chi connectivity index (χ2v) is 7.84. The molecule has 1 aliphatic rings. The van der Waals surface area contributed by atoms with Gasteiger partial charge in [0.05, 0.1) is 26.0 Å². The van der Waals surface area contributed by atoms with Crippen LogP contribution in [0.1, 0.15) is 33.2 Å². The predicted molar refractivity (Wildman–Crippen MR) is 123 cm³/mol. The number of hydrogen-bond acceptors (Lipinski definition) is 5. The third-order valence-electron chi connectivity index (χ3n) is 5.94. The predicted octanol–water partition coefficient (Wildman–Crippen LogP) is 4.54. The Morgan fingerprint density at radius 3 is 2.45 bits per heavy atom. The molecule has 166 valence electrons. The Labute approximate surface area is 191 Å². The Morgan fingerprint density at radius 2 is 1.76 bits per heavy atom. The summed E-state index contributed by atoms with van der Waals surface area (Å²) in [5.74, 6) is 1.02. The van der Waals surface area contributed by atoms with E-state index in [0.717, 1.165) is 33.7 Å². The highest BCUT2D eigenvalue weighted by Gasteiger charge is 2.42. The van der Waals surface area contributed by atoms with Gasteiger partial charge in [0.25, 0.3) is 5.91 Å². The third-order valence-corrected chi connectivity index (χ3v) is 5.94. The van der Waals surface area contributed by atoms with Crippen molar-refractivity contribution in [2.45, 2.75) is 12.6 Å². The Hall–Kier alpha value is -4.26. The Bertz CT molecular complexity index is 1300. The van der Waals surface area contributed by atoms with E-state index in [-0.39, 0.29) is 11.7 Å². The normalized spacial score (nSPS) is 14.9. The number of fused-ring (bicyclic) bond motifs is 1. The number of rotatable bonds is 6. The molecule has 33 heavy (non-hydrogen) atoms. The van der Waals surface area contributed by atoms with Crippen molar-refractivity contribution in [3.05, 3.63) is 95.2 Å². The largest absolute Gasteiger partial charge is 0.504 e. The first-order valence-corrected chi connectivity index (χ1v) is 10.5. The van der Waals surface area contributed by atoms with Crippen molar-refractivity contribution >= 4 is 5.91 Å². The van der Waals surface area contributed by atoms with Crippen LogP contribution in [0.3, 0.4) is 0 Å². The first kappa shape index (κ1) is 20.6. The average Bonchev–Trinajstić information content (AvgIpc) is 3.40. The molecular formula is C26H23N3O4. The lowest BCUT2D eigenvalue weighted by molar-refractivity contribution is 0.0730. The summed E-state index contributed by atoms with van der Waals surface area (Å²) in [6.45, 7) is 0.396. The average molecular weight is 441 g/mol. The van der Waals surface area contributed by atoms with Crippen molar-refractivity contribution in [3.8, 4) is 28.5 Å². The molecule has 0 radical (unpaired) electrons. The number of phenols is 1. The molecule has 0 aliphatic carbocycles. The van der Waals surface area contributed by atoms with Crippen LogP contribution in [-0.4, -0.2) is 40.3 Å². The number of aromatic nitrogens is 2. The number of benzene rings is 3. The van der Waals surface area contributed by atoms with Crippen LogP contribution in [0.25, 0.3) is 11.3 Å². The van der Waals surface area contributed by atoms with Gasteiger partial charge >= 0.3 is 0 Å². The summed E-state index contributed by atoms with van der Waals surface area (Å²) in [6.07, 6.45) is 0. The van der Waals surface area contributed by atoms with Crippen LogP contribution in [0.2, 0.25) is 0 Å². The minimum absolute atomic E-state index is 0.0444. The molecule has 1 amide bonds. The van der Waals surface area contributed by atoms with E-state index in [1.54, 1.807) is 19.2 Å². The number of ether oxygens (including phenoxy) is 2. The first-order valence-electron chi connectivity index (χ1n) is 10.5. The summed E-state index contributed by atoms with van der Waals surface area (Å²) in [7, 11) is 3.13. The summed E-state index contributed by atoms with van der Waals surface area (Å²) < 4.78 is 10.6. The van der Waals surface area contributed by atoms with Gasteiger partial charge in [-0.2, -0.15) is 5.10 Å². The smallest absolute Gasteiger partial charge is 0.273 e. The summed E-state index contributed by atoms with van der Waals surface area (Å²) in [4.78, 5) is 15.3. The maximum atomic E-state index is 13.5. The number of aromatic hydroxyl groups is 1. The van der Waals surface area contributed by atoms with Crippen LogP contribution in [0, 0.1) is 0 Å². The molecular weight excluding hydrogens is 418 g/mol. The fourth-order valence-corrected chi connectivity index (χ4v) is 4.31. The number of aromatic amines is 1. The van der Waals surface area contributed by atoms with Gasteiger partial charge in [-0.05, 0) is 35.4 Å². The quantitative estimate of drug-likeness (QED) is 0.459. The van der Waals surface area contributed by atoms with Crippen molar-refractivity contribution in [1.82, 2.24) is 15.1 Å². The lowest BCUT2D eigenvalue weighted by Gasteiger charge is -2.27. The zero-order chi connectivity index (χ0) is 22.9. The second kappa shape index (κ2) is 8.35. The first-order chi connectivity index (χ1) is 16.1. The molecule has 5 rings (SSSR count). The maximum absolute atomic E-state index is 13.5. The molecule has 0 bridgehead atoms. The van der Waals surface area contributed by atoms with Crippen LogP contribution < -0.4 is 9.47 Å². The van der Waals surface area contributed by atoms with Gasteiger partial charge in [0.15, 0.2) is 11.5 Å². The summed E-state index contributed by atoms with van der Waals surface area (Å²) in [5.41, 5.74) is 4.73. The molecule has 1 aliphatic heterocycles. The van der Waals surface area contributed by atoms with E-state index in [9.17, 15) is 9.90 Å². The number of carbonyl (C=O) groups is 1. The molecule has 1 atom stereocenters. The number of H-pyrrole nitrogens is 1. The fraction of sp³-hybridized carbons (Fsp3) is 0.154. The number of nitrogens with zero attached hydrogens (tertiary/aromatic N) is 2. The molecule has 3 aromatic carbocycles. The molecule has 0 saturated heterocycles. The zero-order valence-electron chi connectivity index (χ0n) is 18.3. The van der Waals surface area contributed by atoms with E-state index in [1.165, 1.54) is 7.11 Å². The van der Waals surface area contributed by atoms with Crippen molar-refractivity contribution < 1.29 is 19.4 Å². The molecule has 0 saturated carbocycles. The number of methoxy groups -OCH3 is 2. The zero-order valence-corrected chi connectivity index (χ0v) is 18.3. The minimum Gasteiger partial charge on any atom is -0.504 e. The highest BCUT2D eigenvalue weighted by molar-refractivity contribution is 6.00. The molecule has 1 aromatic heterocycles. The van der Waals surface area contributed by atoms with Gasteiger partial charge in [0.2, 0.25) is 0 Å². The molecule has 7 nitrogen and oxygen atoms in total.